The molecule has 1 saturated heterocycles. The van der Waals surface area contributed by atoms with Gasteiger partial charge < -0.3 is 14.8 Å². The third-order valence-corrected chi connectivity index (χ3v) is 6.89. The molecule has 2 aliphatic carbocycles. The number of carbonyl (C=O) groups excluding carboxylic acids is 2. The van der Waals surface area contributed by atoms with Crippen LogP contribution >= 0.6 is 0 Å². The predicted molar refractivity (Wildman–Crippen MR) is 98.3 cm³/mol. The predicted octanol–water partition coefficient (Wildman–Crippen LogP) is 1.04. The number of hydrogen-bond acceptors (Lipinski definition) is 5. The quantitative estimate of drug-likeness (QED) is 0.834. The van der Waals surface area contributed by atoms with Crippen molar-refractivity contribution in [1.82, 2.24) is 29.9 Å². The fourth-order valence-electron chi connectivity index (χ4n) is 5.00. The molecule has 1 atom stereocenters. The summed E-state index contributed by atoms with van der Waals surface area (Å²) in [6.45, 7) is 3.09. The van der Waals surface area contributed by atoms with E-state index in [9.17, 15) is 14.0 Å². The molecule has 2 saturated carbocycles. The fraction of sp³-hybridized carbons (Fsp3) is 0.789. The highest BCUT2D eigenvalue weighted by atomic mass is 19.1. The van der Waals surface area contributed by atoms with Crippen LogP contribution in [0.25, 0.3) is 0 Å². The molecule has 152 valence electrons. The van der Waals surface area contributed by atoms with E-state index >= 15 is 0 Å². The van der Waals surface area contributed by atoms with Crippen LogP contribution in [0, 0.1) is 0 Å². The second-order valence-electron chi connectivity index (χ2n) is 8.61. The van der Waals surface area contributed by atoms with Gasteiger partial charge in [0.15, 0.2) is 11.5 Å². The van der Waals surface area contributed by atoms with Gasteiger partial charge in [0.2, 0.25) is 5.82 Å². The molecule has 5 rings (SSSR count). The van der Waals surface area contributed by atoms with Crippen molar-refractivity contribution in [2.45, 2.75) is 69.2 Å². The van der Waals surface area contributed by atoms with E-state index in [1.807, 2.05) is 4.57 Å². The van der Waals surface area contributed by atoms with Crippen molar-refractivity contribution in [3.8, 4) is 0 Å². The summed E-state index contributed by atoms with van der Waals surface area (Å²) in [5.41, 5.74) is -1.67. The number of nitrogens with zero attached hydrogens (tertiary/aromatic N) is 5. The van der Waals surface area contributed by atoms with Crippen LogP contribution in [0.15, 0.2) is 0 Å². The van der Waals surface area contributed by atoms with Crippen molar-refractivity contribution in [3.63, 3.8) is 0 Å². The van der Waals surface area contributed by atoms with Gasteiger partial charge in [-0.3, -0.25) is 14.5 Å². The number of alkyl halides is 1. The van der Waals surface area contributed by atoms with Gasteiger partial charge in [-0.1, -0.05) is 12.8 Å². The van der Waals surface area contributed by atoms with E-state index in [2.05, 4.69) is 20.4 Å². The Labute approximate surface area is 163 Å². The van der Waals surface area contributed by atoms with Crippen LogP contribution in [0.1, 0.15) is 67.4 Å². The maximum absolute atomic E-state index is 14.6. The van der Waals surface area contributed by atoms with E-state index in [-0.39, 0.29) is 23.9 Å². The van der Waals surface area contributed by atoms with E-state index in [0.29, 0.717) is 50.7 Å². The van der Waals surface area contributed by atoms with Crippen LogP contribution in [0.2, 0.25) is 0 Å². The van der Waals surface area contributed by atoms with Crippen LogP contribution in [0.5, 0.6) is 0 Å². The van der Waals surface area contributed by atoms with Crippen LogP contribution < -0.4 is 5.32 Å². The first-order chi connectivity index (χ1) is 13.5. The highest BCUT2D eigenvalue weighted by molar-refractivity contribution is 5.91. The summed E-state index contributed by atoms with van der Waals surface area (Å²) in [5.74, 6) is 0.516. The topological polar surface area (TPSA) is 83.4 Å². The molecule has 8 nitrogen and oxygen atoms in total. The standard InChI is InChI=1S/C19H27FN6O2/c20-19(6-3-7-19)18(28)25-9-8-24-10-11-26-15(14(24)12-25)22-23-16(26)17(27)21-13-4-1-2-5-13/h13-14H,1-12H2,(H,21,27). The summed E-state index contributed by atoms with van der Waals surface area (Å²) in [7, 11) is 0. The smallest absolute Gasteiger partial charge is 0.289 e. The lowest BCUT2D eigenvalue weighted by Gasteiger charge is -2.46. The molecule has 28 heavy (non-hydrogen) atoms. The minimum atomic E-state index is -1.67. The Morgan fingerprint density at radius 1 is 1.04 bits per heavy atom. The average Bonchev–Trinajstić information content (AvgIpc) is 3.34. The van der Waals surface area contributed by atoms with Gasteiger partial charge in [-0.25, -0.2) is 4.39 Å². The van der Waals surface area contributed by atoms with Crippen molar-refractivity contribution >= 4 is 11.8 Å². The molecule has 2 aliphatic heterocycles. The zero-order valence-corrected chi connectivity index (χ0v) is 16.1. The zero-order chi connectivity index (χ0) is 19.3. The summed E-state index contributed by atoms with van der Waals surface area (Å²) in [4.78, 5) is 29.2. The van der Waals surface area contributed by atoms with E-state index in [0.717, 1.165) is 38.6 Å². The minimum absolute atomic E-state index is 0.129. The number of halogens is 1. The summed E-state index contributed by atoms with van der Waals surface area (Å²) < 4.78 is 16.5. The monoisotopic (exact) mass is 390 g/mol. The number of nitrogens with one attached hydrogen (secondary N) is 1. The van der Waals surface area contributed by atoms with Gasteiger partial charge in [0.05, 0.1) is 6.04 Å². The molecule has 3 fully saturated rings. The van der Waals surface area contributed by atoms with Gasteiger partial charge in [-0.2, -0.15) is 0 Å². The van der Waals surface area contributed by atoms with Gasteiger partial charge in [-0.05, 0) is 32.1 Å². The van der Waals surface area contributed by atoms with Gasteiger partial charge in [-0.15, -0.1) is 10.2 Å². The van der Waals surface area contributed by atoms with Crippen LogP contribution in [-0.4, -0.2) is 74.3 Å². The lowest BCUT2D eigenvalue weighted by Crippen LogP contribution is -2.58. The molecule has 3 heterocycles. The molecule has 1 aromatic rings. The van der Waals surface area contributed by atoms with E-state index in [1.165, 1.54) is 0 Å². The second-order valence-corrected chi connectivity index (χ2v) is 8.61. The Morgan fingerprint density at radius 2 is 1.79 bits per heavy atom. The van der Waals surface area contributed by atoms with Gasteiger partial charge in [0.25, 0.3) is 11.8 Å². The molecule has 4 aliphatic rings. The first kappa shape index (κ1) is 18.0. The van der Waals surface area contributed by atoms with E-state index in [1.54, 1.807) is 4.90 Å². The summed E-state index contributed by atoms with van der Waals surface area (Å²) >= 11 is 0. The Hall–Kier alpha value is -2.03. The highest BCUT2D eigenvalue weighted by Crippen LogP contribution is 2.39. The SMILES string of the molecule is O=C(NC1CCCC1)c1nnc2n1CCN1CCN(C(=O)C3(F)CCC3)CC21. The molecule has 1 N–H and O–H groups in total. The lowest BCUT2D eigenvalue weighted by atomic mass is 9.80. The third kappa shape index (κ3) is 2.91. The molecule has 0 aromatic carbocycles. The Bertz CT molecular complexity index is 785. The number of rotatable bonds is 3. The molecule has 1 aromatic heterocycles. The summed E-state index contributed by atoms with van der Waals surface area (Å²) in [6, 6.07) is 0.0993. The molecule has 1 unspecified atom stereocenters. The van der Waals surface area contributed by atoms with Gasteiger partial charge >= 0.3 is 0 Å². The molecular weight excluding hydrogens is 363 g/mol. The largest absolute Gasteiger partial charge is 0.347 e. The maximum atomic E-state index is 14.6. The summed E-state index contributed by atoms with van der Waals surface area (Å²) in [6.07, 6.45) is 5.78. The lowest BCUT2D eigenvalue weighted by molar-refractivity contribution is -0.153. The molecule has 0 spiro atoms. The molecule has 0 bridgehead atoms. The van der Waals surface area contributed by atoms with Crippen molar-refractivity contribution in [2.75, 3.05) is 26.2 Å². The minimum Gasteiger partial charge on any atom is -0.347 e. The molecule has 0 radical (unpaired) electrons. The highest BCUT2D eigenvalue weighted by Gasteiger charge is 2.49. The van der Waals surface area contributed by atoms with Crippen LogP contribution in [0.3, 0.4) is 0 Å². The fourth-order valence-corrected chi connectivity index (χ4v) is 5.00. The van der Waals surface area contributed by atoms with Gasteiger partial charge in [0.1, 0.15) is 0 Å². The first-order valence-electron chi connectivity index (χ1n) is 10.5. The average molecular weight is 390 g/mol. The molecule has 9 heteroatoms. The van der Waals surface area contributed by atoms with Gasteiger partial charge in [0, 0.05) is 38.8 Å². The molecule has 2 amide bonds. The third-order valence-electron chi connectivity index (χ3n) is 6.89. The Morgan fingerprint density at radius 3 is 2.50 bits per heavy atom. The first-order valence-corrected chi connectivity index (χ1v) is 10.5. The van der Waals surface area contributed by atoms with Crippen molar-refractivity contribution in [2.24, 2.45) is 0 Å². The van der Waals surface area contributed by atoms with Crippen molar-refractivity contribution in [1.29, 1.82) is 0 Å². The van der Waals surface area contributed by atoms with Crippen LogP contribution in [0.4, 0.5) is 4.39 Å². The Kier molecular flexibility index (Phi) is 4.37. The summed E-state index contributed by atoms with van der Waals surface area (Å²) in [5, 5.41) is 11.6. The number of fused-ring (bicyclic) bond motifs is 3. The van der Waals surface area contributed by atoms with E-state index in [4.69, 9.17) is 0 Å². The normalized spacial score (nSPS) is 27.0. The van der Waals surface area contributed by atoms with Crippen molar-refractivity contribution < 1.29 is 14.0 Å². The van der Waals surface area contributed by atoms with E-state index < -0.39 is 5.67 Å². The number of carbonyl (C=O) groups is 2. The number of piperazine rings is 1. The van der Waals surface area contributed by atoms with Crippen molar-refractivity contribution in [3.05, 3.63) is 11.6 Å². The number of aromatic nitrogens is 3. The zero-order valence-electron chi connectivity index (χ0n) is 16.1. The van der Waals surface area contributed by atoms with Crippen LogP contribution in [-0.2, 0) is 11.3 Å². The maximum Gasteiger partial charge on any atom is 0.289 e. The second kappa shape index (κ2) is 6.79. The number of amides is 2. The molecular formula is C19H27FN6O2. The Balaban J connectivity index is 1.33. The number of hydrogen-bond donors (Lipinski definition) is 1.